The van der Waals surface area contributed by atoms with E-state index in [-0.39, 0.29) is 18.4 Å². The summed E-state index contributed by atoms with van der Waals surface area (Å²) in [6.07, 6.45) is 5.74. The maximum atomic E-state index is 12.7. The number of carboxylic acid groups (broad SMARTS) is 1. The van der Waals surface area contributed by atoms with E-state index in [2.05, 4.69) is 5.32 Å². The number of hydrogen-bond acceptors (Lipinski definition) is 3. The van der Waals surface area contributed by atoms with Crippen LogP contribution < -0.4 is 5.32 Å². The number of hydrogen-bond donors (Lipinski definition) is 2. The summed E-state index contributed by atoms with van der Waals surface area (Å²) in [6.45, 7) is 1.33. The van der Waals surface area contributed by atoms with E-state index >= 15 is 0 Å². The van der Waals surface area contributed by atoms with Crippen molar-refractivity contribution in [1.29, 1.82) is 0 Å². The largest absolute Gasteiger partial charge is 0.481 e. The minimum absolute atomic E-state index is 0.0538. The summed E-state index contributed by atoms with van der Waals surface area (Å²) in [4.78, 5) is 25.2. The van der Waals surface area contributed by atoms with E-state index in [1.165, 1.54) is 12.8 Å². The molecular formula is C14H22N2O3. The van der Waals surface area contributed by atoms with Crippen LogP contribution in [0, 0.1) is 11.8 Å². The molecule has 2 aliphatic carbocycles. The lowest BCUT2D eigenvalue weighted by Gasteiger charge is -2.27. The molecule has 19 heavy (non-hydrogen) atoms. The summed E-state index contributed by atoms with van der Waals surface area (Å²) in [7, 11) is 0. The molecular weight excluding hydrogens is 244 g/mol. The molecule has 3 unspecified atom stereocenters. The fraction of sp³-hybridized carbons (Fsp3) is 0.857. The quantitative estimate of drug-likeness (QED) is 0.773. The minimum Gasteiger partial charge on any atom is -0.481 e. The van der Waals surface area contributed by atoms with E-state index in [1.54, 1.807) is 0 Å². The van der Waals surface area contributed by atoms with E-state index in [4.69, 9.17) is 5.11 Å². The maximum absolute atomic E-state index is 12.7. The van der Waals surface area contributed by atoms with Crippen molar-refractivity contribution in [3.63, 3.8) is 0 Å². The van der Waals surface area contributed by atoms with Crippen molar-refractivity contribution in [3.05, 3.63) is 0 Å². The van der Waals surface area contributed by atoms with Crippen molar-refractivity contribution in [2.45, 2.75) is 50.6 Å². The van der Waals surface area contributed by atoms with E-state index in [0.717, 1.165) is 25.8 Å². The maximum Gasteiger partial charge on any atom is 0.305 e. The molecule has 3 aliphatic rings. The molecule has 0 aromatic rings. The zero-order chi connectivity index (χ0) is 13.4. The first-order chi connectivity index (χ1) is 9.16. The highest BCUT2D eigenvalue weighted by molar-refractivity contribution is 5.83. The molecule has 0 bridgehead atoms. The van der Waals surface area contributed by atoms with Crippen LogP contribution in [0.1, 0.15) is 38.5 Å². The Morgan fingerprint density at radius 3 is 2.68 bits per heavy atom. The van der Waals surface area contributed by atoms with Gasteiger partial charge in [-0.2, -0.15) is 0 Å². The Labute approximate surface area is 113 Å². The number of nitrogens with zero attached hydrogens (tertiary/aromatic N) is 1. The topological polar surface area (TPSA) is 69.6 Å². The van der Waals surface area contributed by atoms with Gasteiger partial charge in [-0.25, -0.2) is 0 Å². The van der Waals surface area contributed by atoms with E-state index in [9.17, 15) is 9.59 Å². The van der Waals surface area contributed by atoms with Gasteiger partial charge in [0, 0.05) is 12.6 Å². The number of amides is 1. The Hall–Kier alpha value is -1.10. The number of nitrogens with one attached hydrogen (secondary N) is 1. The van der Waals surface area contributed by atoms with E-state index in [1.807, 2.05) is 4.90 Å². The van der Waals surface area contributed by atoms with Gasteiger partial charge in [0.15, 0.2) is 0 Å². The molecule has 2 saturated carbocycles. The first-order valence-electron chi connectivity index (χ1n) is 7.42. The van der Waals surface area contributed by atoms with Crippen LogP contribution >= 0.6 is 0 Å². The second-order valence-electron chi connectivity index (χ2n) is 6.15. The van der Waals surface area contributed by atoms with Crippen molar-refractivity contribution >= 4 is 11.9 Å². The van der Waals surface area contributed by atoms with Crippen LogP contribution in [-0.2, 0) is 9.59 Å². The third-order valence-electron chi connectivity index (χ3n) is 4.85. The predicted molar refractivity (Wildman–Crippen MR) is 69.6 cm³/mol. The van der Waals surface area contributed by atoms with Crippen LogP contribution in [-0.4, -0.2) is 47.1 Å². The molecule has 0 aromatic carbocycles. The lowest BCUT2D eigenvalue weighted by atomic mass is 9.93. The standard InChI is InChI=1S/C14H22N2O3/c17-12(18)6-7-16(10-4-5-10)14(19)13-11-3-1-2-9(11)8-15-13/h9-11,13,15H,1-8H2,(H,17,18). The fourth-order valence-corrected chi connectivity index (χ4v) is 3.71. The molecule has 106 valence electrons. The van der Waals surface area contributed by atoms with Gasteiger partial charge in [-0.1, -0.05) is 6.42 Å². The third-order valence-corrected chi connectivity index (χ3v) is 4.85. The molecule has 3 fully saturated rings. The van der Waals surface area contributed by atoms with Gasteiger partial charge in [-0.3, -0.25) is 9.59 Å². The van der Waals surface area contributed by atoms with Gasteiger partial charge in [0.05, 0.1) is 12.5 Å². The zero-order valence-electron chi connectivity index (χ0n) is 11.2. The summed E-state index contributed by atoms with van der Waals surface area (Å²) >= 11 is 0. The predicted octanol–water partition coefficient (Wildman–Crippen LogP) is 0.840. The molecule has 1 heterocycles. The molecule has 3 atom stereocenters. The van der Waals surface area contributed by atoms with Gasteiger partial charge in [0.1, 0.15) is 0 Å². The van der Waals surface area contributed by atoms with Crippen LogP contribution in [0.5, 0.6) is 0 Å². The van der Waals surface area contributed by atoms with Crippen LogP contribution in [0.4, 0.5) is 0 Å². The summed E-state index contributed by atoms with van der Waals surface area (Å²) in [6, 6.07) is 0.246. The highest BCUT2D eigenvalue weighted by Gasteiger charge is 2.45. The Kier molecular flexibility index (Phi) is 3.48. The smallest absolute Gasteiger partial charge is 0.305 e. The van der Waals surface area contributed by atoms with Crippen molar-refractivity contribution in [1.82, 2.24) is 10.2 Å². The van der Waals surface area contributed by atoms with Crippen LogP contribution in [0.15, 0.2) is 0 Å². The van der Waals surface area contributed by atoms with Gasteiger partial charge in [-0.15, -0.1) is 0 Å². The van der Waals surface area contributed by atoms with E-state index < -0.39 is 5.97 Å². The van der Waals surface area contributed by atoms with Crippen LogP contribution in [0.25, 0.3) is 0 Å². The Morgan fingerprint density at radius 2 is 2.00 bits per heavy atom. The first-order valence-corrected chi connectivity index (χ1v) is 7.42. The highest BCUT2D eigenvalue weighted by atomic mass is 16.4. The number of carboxylic acids is 1. The number of fused-ring (bicyclic) bond motifs is 1. The SMILES string of the molecule is O=C(O)CCN(C(=O)C1NCC2CCCC21)C1CC1. The van der Waals surface area contributed by atoms with Gasteiger partial charge < -0.3 is 15.3 Å². The molecule has 1 aliphatic heterocycles. The van der Waals surface area contributed by atoms with Gasteiger partial charge in [0.2, 0.25) is 5.91 Å². The molecule has 2 N–H and O–H groups in total. The molecule has 3 rings (SSSR count). The average Bonchev–Trinajstić information content (AvgIpc) is 2.95. The lowest BCUT2D eigenvalue weighted by molar-refractivity contribution is -0.139. The molecule has 5 nitrogen and oxygen atoms in total. The molecule has 1 saturated heterocycles. The second-order valence-corrected chi connectivity index (χ2v) is 6.15. The van der Waals surface area contributed by atoms with Gasteiger partial charge in [0.25, 0.3) is 0 Å². The number of carbonyl (C=O) groups excluding carboxylic acids is 1. The molecule has 1 amide bonds. The molecule has 5 heteroatoms. The third kappa shape index (κ3) is 2.61. The van der Waals surface area contributed by atoms with E-state index in [0.29, 0.717) is 24.4 Å². The summed E-state index contributed by atoms with van der Waals surface area (Å²) < 4.78 is 0. The Morgan fingerprint density at radius 1 is 1.21 bits per heavy atom. The second kappa shape index (κ2) is 5.12. The average molecular weight is 266 g/mol. The monoisotopic (exact) mass is 266 g/mol. The zero-order valence-corrected chi connectivity index (χ0v) is 11.2. The summed E-state index contributed by atoms with van der Waals surface area (Å²) in [5.74, 6) is 0.475. The van der Waals surface area contributed by atoms with Crippen molar-refractivity contribution < 1.29 is 14.7 Å². The molecule has 0 radical (unpaired) electrons. The van der Waals surface area contributed by atoms with Gasteiger partial charge >= 0.3 is 5.97 Å². The fourth-order valence-electron chi connectivity index (χ4n) is 3.71. The van der Waals surface area contributed by atoms with Crippen LogP contribution in [0.2, 0.25) is 0 Å². The molecule has 0 aromatic heterocycles. The number of carbonyl (C=O) groups is 2. The number of aliphatic carboxylic acids is 1. The highest BCUT2D eigenvalue weighted by Crippen LogP contribution is 2.39. The molecule has 0 spiro atoms. The lowest BCUT2D eigenvalue weighted by Crippen LogP contribution is -2.48. The first kappa shape index (κ1) is 12.9. The summed E-state index contributed by atoms with van der Waals surface area (Å²) in [5, 5.41) is 12.2. The normalized spacial score (nSPS) is 33.2. The van der Waals surface area contributed by atoms with Gasteiger partial charge in [-0.05, 0) is 44.1 Å². The van der Waals surface area contributed by atoms with Crippen LogP contribution in [0.3, 0.4) is 0 Å². The van der Waals surface area contributed by atoms with Crippen molar-refractivity contribution in [2.75, 3.05) is 13.1 Å². The Bertz CT molecular complexity index is 381. The van der Waals surface area contributed by atoms with Crippen molar-refractivity contribution in [2.24, 2.45) is 11.8 Å². The Balaban J connectivity index is 1.64. The number of rotatable bonds is 5. The van der Waals surface area contributed by atoms with Crippen molar-refractivity contribution in [3.8, 4) is 0 Å². The summed E-state index contributed by atoms with van der Waals surface area (Å²) in [5.41, 5.74) is 0. The minimum atomic E-state index is -0.823.